The van der Waals surface area contributed by atoms with Gasteiger partial charge >= 0.3 is 99.2 Å². The van der Waals surface area contributed by atoms with E-state index in [4.69, 9.17) is 0 Å². The van der Waals surface area contributed by atoms with Crippen LogP contribution in [-0.2, 0) is 35.1 Å². The zero-order valence-electron chi connectivity index (χ0n) is 36.4. The van der Waals surface area contributed by atoms with Gasteiger partial charge in [-0.1, -0.05) is 141 Å². The predicted octanol–water partition coefficient (Wildman–Crippen LogP) is 9.60. The summed E-state index contributed by atoms with van der Waals surface area (Å²) in [5.74, 6) is 0.573. The molecule has 0 bridgehead atoms. The van der Waals surface area contributed by atoms with Gasteiger partial charge < -0.3 is 24.8 Å². The number of aryl methyl sites for hydroxylation is 2. The summed E-state index contributed by atoms with van der Waals surface area (Å²) in [4.78, 5) is 0. The molecule has 0 fully saturated rings. The van der Waals surface area contributed by atoms with Crippen LogP contribution in [0.2, 0.25) is 0 Å². The van der Waals surface area contributed by atoms with Gasteiger partial charge in [0.2, 0.25) is 0 Å². The van der Waals surface area contributed by atoms with Crippen LogP contribution in [-0.4, -0.2) is 3.21 Å². The van der Waals surface area contributed by atoms with E-state index in [2.05, 4.69) is 233 Å². The minimum atomic E-state index is 0. The van der Waals surface area contributed by atoms with Gasteiger partial charge in [-0.25, -0.2) is 0 Å². The van der Waals surface area contributed by atoms with Crippen molar-refractivity contribution >= 4 is 24.8 Å². The van der Waals surface area contributed by atoms with Crippen LogP contribution in [0.5, 0.6) is 0 Å². The van der Waals surface area contributed by atoms with Gasteiger partial charge in [0.1, 0.15) is 0 Å². The third-order valence-electron chi connectivity index (χ3n) is 10.9. The van der Waals surface area contributed by atoms with Gasteiger partial charge in [0.25, 0.3) is 0 Å². The van der Waals surface area contributed by atoms with Gasteiger partial charge in [-0.2, -0.15) is 12.1 Å². The summed E-state index contributed by atoms with van der Waals surface area (Å²) in [6.07, 6.45) is 0. The maximum absolute atomic E-state index is 2.35. The number of rotatable bonds is 5. The van der Waals surface area contributed by atoms with Gasteiger partial charge in [-0.05, 0) is 39.0 Å². The molecule has 8 aromatic carbocycles. The van der Waals surface area contributed by atoms with Crippen LogP contribution >= 0.6 is 0 Å². The van der Waals surface area contributed by atoms with Crippen molar-refractivity contribution in [3.05, 3.63) is 203 Å². The van der Waals surface area contributed by atoms with Crippen molar-refractivity contribution < 1.29 is 49.0 Å². The summed E-state index contributed by atoms with van der Waals surface area (Å²) in [5, 5.41) is 5.47. The quantitative estimate of drug-likeness (QED) is 0.151. The van der Waals surface area contributed by atoms with Crippen LogP contribution in [0, 0.1) is 13.8 Å². The van der Waals surface area contributed by atoms with Gasteiger partial charge in [0, 0.05) is 0 Å². The predicted molar refractivity (Wildman–Crippen MR) is 247 cm³/mol. The Labute approximate surface area is 382 Å². The van der Waals surface area contributed by atoms with Gasteiger partial charge in [-0.15, -0.1) is 68.6 Å². The van der Waals surface area contributed by atoms with Crippen molar-refractivity contribution in [2.45, 2.75) is 86.0 Å². The molecule has 0 aromatic heterocycles. The molecule has 0 saturated heterocycles. The van der Waals surface area contributed by atoms with Crippen molar-refractivity contribution in [1.29, 1.82) is 0 Å². The molecule has 59 heavy (non-hydrogen) atoms. The van der Waals surface area contributed by atoms with Crippen LogP contribution in [0.15, 0.2) is 164 Å². The van der Waals surface area contributed by atoms with E-state index in [1.165, 1.54) is 110 Å². The number of hydrogen-bond acceptors (Lipinski definition) is 0. The first kappa shape index (κ1) is 47.5. The van der Waals surface area contributed by atoms with Gasteiger partial charge in [0.05, 0.1) is 0 Å². The van der Waals surface area contributed by atoms with Crippen LogP contribution in [0.3, 0.4) is 0 Å². The van der Waals surface area contributed by atoms with Crippen LogP contribution < -0.4 is 24.8 Å². The van der Waals surface area contributed by atoms with Crippen LogP contribution in [0.25, 0.3) is 43.8 Å². The molecule has 8 rings (SSSR count). The Morgan fingerprint density at radius 2 is 0.983 bits per heavy atom. The molecule has 0 radical (unpaired) electrons. The molecule has 0 unspecified atom stereocenters. The molecule has 0 atom stereocenters. The van der Waals surface area contributed by atoms with Crippen molar-refractivity contribution in [2.75, 3.05) is 0 Å². The number of benzene rings is 6. The monoisotopic (exact) mass is 890 g/mol. The molecule has 0 aliphatic rings. The van der Waals surface area contributed by atoms with E-state index < -0.39 is 0 Å². The molecule has 0 spiro atoms. The number of halogens is 2. The second kappa shape index (κ2) is 20.4. The van der Waals surface area contributed by atoms with Gasteiger partial charge in [0.15, 0.2) is 0 Å². The first-order valence-corrected chi connectivity index (χ1v) is 21.6. The molecule has 0 saturated carbocycles. The Morgan fingerprint density at radius 1 is 0.508 bits per heavy atom. The molecule has 8 aromatic rings. The third kappa shape index (κ3) is 11.8. The van der Waals surface area contributed by atoms with E-state index in [1.54, 1.807) is 0 Å². The molecular weight excluding hydrogens is 835 g/mol. The topological polar surface area (TPSA) is 0 Å². The molecule has 302 valence electrons. The number of hydrogen-bond donors (Lipinski definition) is 0. The average molecular weight is 893 g/mol. The van der Waals surface area contributed by atoms with E-state index in [0.29, 0.717) is 5.92 Å². The second-order valence-corrected chi connectivity index (χ2v) is 19.0. The first-order valence-electron chi connectivity index (χ1n) is 20.4. The van der Waals surface area contributed by atoms with E-state index >= 15 is 0 Å². The third-order valence-corrected chi connectivity index (χ3v) is 12.4. The van der Waals surface area contributed by atoms with E-state index in [9.17, 15) is 0 Å². The van der Waals surface area contributed by atoms with Crippen molar-refractivity contribution in [3.63, 3.8) is 0 Å². The fourth-order valence-electron chi connectivity index (χ4n) is 7.36. The zero-order valence-corrected chi connectivity index (χ0v) is 40.4. The van der Waals surface area contributed by atoms with Crippen molar-refractivity contribution in [3.8, 4) is 22.3 Å². The molecular formula is C56H58Cl2Zr-2. The fourth-order valence-corrected chi connectivity index (χ4v) is 8.18. The Balaban J connectivity index is 0.000000197. The van der Waals surface area contributed by atoms with Crippen molar-refractivity contribution in [1.82, 2.24) is 0 Å². The van der Waals surface area contributed by atoms with Crippen LogP contribution in [0.1, 0.15) is 100 Å². The maximum atomic E-state index is 2.35. The summed E-state index contributed by atoms with van der Waals surface area (Å²) in [5.41, 5.74) is 15.2. The second-order valence-electron chi connectivity index (χ2n) is 17.8. The van der Waals surface area contributed by atoms with Crippen molar-refractivity contribution in [2.24, 2.45) is 0 Å². The van der Waals surface area contributed by atoms with Crippen LogP contribution in [0.4, 0.5) is 0 Å². The summed E-state index contributed by atoms with van der Waals surface area (Å²) in [6.45, 7) is 22.4. The van der Waals surface area contributed by atoms with Gasteiger partial charge in [-0.3, -0.25) is 0 Å². The molecule has 3 heteroatoms. The molecule has 0 amide bonds. The summed E-state index contributed by atoms with van der Waals surface area (Å²) in [7, 11) is 0. The Hall–Kier alpha value is -4.13. The molecule has 0 aliphatic heterocycles. The molecule has 0 nitrogen and oxygen atoms in total. The van der Waals surface area contributed by atoms with E-state index in [1.807, 2.05) is 0 Å². The first-order chi connectivity index (χ1) is 27.1. The molecule has 0 N–H and O–H groups in total. The normalized spacial score (nSPS) is 11.2. The summed E-state index contributed by atoms with van der Waals surface area (Å²) in [6, 6.07) is 59.6. The number of fused-ring (bicyclic) bond motifs is 2. The summed E-state index contributed by atoms with van der Waals surface area (Å²) >= 11 is 1.46. The average Bonchev–Trinajstić information content (AvgIpc) is 3.83. The SMILES string of the molecule is CC(C)c1cc2c(-c3ccc(C(C)(C)C)cc3)cccc2[cH-]1.Cc1cc2c(-c3ccc(C(C)(C)C)cc3)ccc(C)c2[cH-]1.[Cl-].[Cl-].[Zr+2]=[C](c1ccccc1)c1ccccc1. The fraction of sp³-hybridized carbons (Fsp3) is 0.232. The minimum absolute atomic E-state index is 0. The van der Waals surface area contributed by atoms with E-state index in [0.717, 1.165) is 0 Å². The Morgan fingerprint density at radius 3 is 1.44 bits per heavy atom. The standard InChI is InChI=1S/C22H25.C21H23.C13H10.2ClH.Zr/c1-15(2)18-13-17-7-6-8-20(21(17)14-18)16-9-11-19(12-10-16)22(3,4)5;1-14-12-19-15(2)6-11-18(20(19)13-14)16-7-9-17(10-8-16)21(3,4)5;1-3-7-12(8-4-1)11-13-9-5-2-6-10-13;;;/h6-15H,1-5H3;6-13H,1-5H3;1-10H;2*1H;/q2*-1;;;;+2/p-2. The Kier molecular flexibility index (Phi) is 16.5. The van der Waals surface area contributed by atoms with E-state index in [-0.39, 0.29) is 35.6 Å². The Bertz CT molecular complexity index is 2510. The molecule has 0 heterocycles. The summed E-state index contributed by atoms with van der Waals surface area (Å²) < 4.78 is 1.42. The molecule has 0 aliphatic carbocycles. The zero-order chi connectivity index (χ0) is 40.9.